The summed E-state index contributed by atoms with van der Waals surface area (Å²) in [4.78, 5) is 8.39. The lowest BCUT2D eigenvalue weighted by molar-refractivity contribution is -0.0847. The lowest BCUT2D eigenvalue weighted by Gasteiger charge is -2.39. The van der Waals surface area contributed by atoms with Gasteiger partial charge in [0.25, 0.3) is 0 Å². The predicted molar refractivity (Wildman–Crippen MR) is 58.8 cm³/mol. The molecule has 1 aromatic heterocycles. The Hall–Kier alpha value is -1.23. The normalized spacial score (nSPS) is 18.0. The lowest BCUT2D eigenvalue weighted by Crippen LogP contribution is -2.38. The van der Waals surface area contributed by atoms with Gasteiger partial charge < -0.3 is 10.1 Å². The Kier molecular flexibility index (Phi) is 2.80. The van der Waals surface area contributed by atoms with Crippen LogP contribution >= 0.6 is 0 Å². The largest absolute Gasteiger partial charge is 0.371 e. The summed E-state index contributed by atoms with van der Waals surface area (Å²) < 4.78 is 19.0. The number of anilines is 1. The molecule has 0 radical (unpaired) electrons. The van der Waals surface area contributed by atoms with Crippen LogP contribution in [0.1, 0.15) is 30.8 Å². The first-order valence-electron chi connectivity index (χ1n) is 5.40. The van der Waals surface area contributed by atoms with Crippen LogP contribution < -0.4 is 5.32 Å². The number of ether oxygens (including phenoxy) is 1. The molecule has 0 aliphatic heterocycles. The van der Waals surface area contributed by atoms with Gasteiger partial charge in [0.05, 0.1) is 5.69 Å². The van der Waals surface area contributed by atoms with Crippen LogP contribution in [0.3, 0.4) is 0 Å². The van der Waals surface area contributed by atoms with Crippen LogP contribution in [-0.4, -0.2) is 24.1 Å². The van der Waals surface area contributed by atoms with Gasteiger partial charge in [-0.3, -0.25) is 0 Å². The van der Waals surface area contributed by atoms with Crippen LogP contribution in [0.4, 0.5) is 10.2 Å². The molecule has 0 amide bonds. The fourth-order valence-electron chi connectivity index (χ4n) is 1.95. The van der Waals surface area contributed by atoms with E-state index in [2.05, 4.69) is 15.3 Å². The topological polar surface area (TPSA) is 47.0 Å². The van der Waals surface area contributed by atoms with Crippen molar-refractivity contribution in [2.75, 3.05) is 19.5 Å². The molecule has 1 saturated carbocycles. The minimum atomic E-state index is -0.399. The maximum atomic E-state index is 13.6. The fourth-order valence-corrected chi connectivity index (χ4v) is 1.95. The highest BCUT2D eigenvalue weighted by molar-refractivity contribution is 5.38. The number of aromatic nitrogens is 2. The molecule has 0 bridgehead atoms. The Bertz CT molecular complexity index is 399. The zero-order valence-corrected chi connectivity index (χ0v) is 9.80. The second-order valence-corrected chi connectivity index (χ2v) is 4.10. The van der Waals surface area contributed by atoms with Gasteiger partial charge in [0.15, 0.2) is 17.5 Å². The highest BCUT2D eigenvalue weighted by atomic mass is 19.1. The predicted octanol–water partition coefficient (Wildman–Crippen LogP) is 1.99. The van der Waals surface area contributed by atoms with E-state index in [1.807, 2.05) is 0 Å². The number of hydrogen-bond acceptors (Lipinski definition) is 4. The summed E-state index contributed by atoms with van der Waals surface area (Å²) in [6.45, 7) is 1.64. The van der Waals surface area contributed by atoms with Crippen molar-refractivity contribution >= 4 is 5.82 Å². The first kappa shape index (κ1) is 11.3. The molecule has 0 unspecified atom stereocenters. The van der Waals surface area contributed by atoms with E-state index in [0.717, 1.165) is 19.3 Å². The summed E-state index contributed by atoms with van der Waals surface area (Å²) in [7, 11) is 3.30. The molecule has 1 heterocycles. The van der Waals surface area contributed by atoms with Gasteiger partial charge in [0.1, 0.15) is 5.60 Å². The molecular weight excluding hydrogens is 209 g/mol. The van der Waals surface area contributed by atoms with E-state index in [-0.39, 0.29) is 5.82 Å². The zero-order chi connectivity index (χ0) is 11.8. The van der Waals surface area contributed by atoms with Crippen LogP contribution in [0, 0.1) is 12.7 Å². The van der Waals surface area contributed by atoms with Gasteiger partial charge in [0.2, 0.25) is 0 Å². The molecule has 0 aromatic carbocycles. The van der Waals surface area contributed by atoms with Gasteiger partial charge in [-0.1, -0.05) is 0 Å². The Labute approximate surface area is 94.2 Å². The molecule has 0 atom stereocenters. The van der Waals surface area contributed by atoms with E-state index >= 15 is 0 Å². The van der Waals surface area contributed by atoms with Crippen molar-refractivity contribution in [2.45, 2.75) is 31.8 Å². The van der Waals surface area contributed by atoms with Crippen molar-refractivity contribution in [1.82, 2.24) is 9.97 Å². The summed E-state index contributed by atoms with van der Waals surface area (Å²) in [5.74, 6) is 0.437. The van der Waals surface area contributed by atoms with Crippen molar-refractivity contribution in [1.29, 1.82) is 0 Å². The summed E-state index contributed by atoms with van der Waals surface area (Å²) in [5, 5.41) is 2.74. The summed E-state index contributed by atoms with van der Waals surface area (Å²) >= 11 is 0. The number of halogens is 1. The summed E-state index contributed by atoms with van der Waals surface area (Å²) in [5.41, 5.74) is -0.0398. The van der Waals surface area contributed by atoms with E-state index in [0.29, 0.717) is 11.5 Å². The van der Waals surface area contributed by atoms with Crippen molar-refractivity contribution in [2.24, 2.45) is 0 Å². The van der Waals surface area contributed by atoms with E-state index in [1.165, 1.54) is 0 Å². The smallest absolute Gasteiger partial charge is 0.186 e. The SMILES string of the molecule is CNc1nc(C2(OC)CCC2)nc(C)c1F. The number of aryl methyl sites for hydroxylation is 1. The first-order valence-corrected chi connectivity index (χ1v) is 5.40. The van der Waals surface area contributed by atoms with Crippen molar-refractivity contribution in [3.63, 3.8) is 0 Å². The highest BCUT2D eigenvalue weighted by Crippen LogP contribution is 2.43. The van der Waals surface area contributed by atoms with Gasteiger partial charge >= 0.3 is 0 Å². The van der Waals surface area contributed by atoms with Crippen molar-refractivity contribution in [3.8, 4) is 0 Å². The average molecular weight is 225 g/mol. The quantitative estimate of drug-likeness (QED) is 0.854. The third kappa shape index (κ3) is 1.55. The number of rotatable bonds is 3. The third-order valence-electron chi connectivity index (χ3n) is 3.21. The van der Waals surface area contributed by atoms with Gasteiger partial charge in [-0.2, -0.15) is 0 Å². The molecule has 88 valence electrons. The second-order valence-electron chi connectivity index (χ2n) is 4.10. The molecule has 1 aliphatic rings. The molecular formula is C11H16FN3O. The monoisotopic (exact) mass is 225 g/mol. The summed E-state index contributed by atoms with van der Waals surface area (Å²) in [6, 6.07) is 0. The summed E-state index contributed by atoms with van der Waals surface area (Å²) in [6.07, 6.45) is 2.90. The number of hydrogen-bond donors (Lipinski definition) is 1. The minimum absolute atomic E-state index is 0.242. The molecule has 1 aliphatic carbocycles. The maximum absolute atomic E-state index is 13.6. The fraction of sp³-hybridized carbons (Fsp3) is 0.636. The van der Waals surface area contributed by atoms with Crippen LogP contribution in [0.25, 0.3) is 0 Å². The third-order valence-corrected chi connectivity index (χ3v) is 3.21. The Morgan fingerprint density at radius 1 is 1.38 bits per heavy atom. The van der Waals surface area contributed by atoms with E-state index in [1.54, 1.807) is 21.1 Å². The molecule has 0 spiro atoms. The number of methoxy groups -OCH3 is 1. The van der Waals surface area contributed by atoms with Crippen LogP contribution in [-0.2, 0) is 10.3 Å². The Morgan fingerprint density at radius 2 is 2.06 bits per heavy atom. The molecule has 0 saturated heterocycles. The Balaban J connectivity index is 2.45. The molecule has 1 N–H and O–H groups in total. The molecule has 5 heteroatoms. The average Bonchev–Trinajstić information content (AvgIpc) is 2.22. The number of nitrogens with one attached hydrogen (secondary N) is 1. The molecule has 1 aromatic rings. The van der Waals surface area contributed by atoms with Crippen molar-refractivity contribution in [3.05, 3.63) is 17.3 Å². The van der Waals surface area contributed by atoms with Crippen LogP contribution in [0.5, 0.6) is 0 Å². The van der Waals surface area contributed by atoms with E-state index in [9.17, 15) is 4.39 Å². The number of nitrogens with zero attached hydrogens (tertiary/aromatic N) is 2. The van der Waals surface area contributed by atoms with Crippen LogP contribution in [0.15, 0.2) is 0 Å². The standard InChI is InChI=1S/C11H16FN3O/c1-7-8(12)9(13-2)15-10(14-7)11(16-3)5-4-6-11/h4-6H2,1-3H3,(H,13,14,15). The van der Waals surface area contributed by atoms with Gasteiger partial charge in [-0.05, 0) is 26.2 Å². The molecule has 1 fully saturated rings. The minimum Gasteiger partial charge on any atom is -0.371 e. The second kappa shape index (κ2) is 3.97. The lowest BCUT2D eigenvalue weighted by atomic mass is 9.79. The zero-order valence-electron chi connectivity index (χ0n) is 9.80. The van der Waals surface area contributed by atoms with Gasteiger partial charge in [0, 0.05) is 14.2 Å². The van der Waals surface area contributed by atoms with Gasteiger partial charge in [-0.25, -0.2) is 14.4 Å². The molecule has 16 heavy (non-hydrogen) atoms. The van der Waals surface area contributed by atoms with E-state index < -0.39 is 11.4 Å². The first-order chi connectivity index (χ1) is 7.63. The molecule has 2 rings (SSSR count). The Morgan fingerprint density at radius 3 is 2.50 bits per heavy atom. The highest BCUT2D eigenvalue weighted by Gasteiger charge is 2.42. The van der Waals surface area contributed by atoms with Crippen LogP contribution in [0.2, 0.25) is 0 Å². The van der Waals surface area contributed by atoms with Crippen molar-refractivity contribution < 1.29 is 9.13 Å². The van der Waals surface area contributed by atoms with E-state index in [4.69, 9.17) is 4.74 Å². The maximum Gasteiger partial charge on any atom is 0.186 e. The molecule has 4 nitrogen and oxygen atoms in total. The van der Waals surface area contributed by atoms with Gasteiger partial charge in [-0.15, -0.1) is 0 Å².